The number of halogens is 1. The van der Waals surface area contributed by atoms with Crippen LogP contribution < -0.4 is 16.0 Å². The van der Waals surface area contributed by atoms with Gasteiger partial charge in [0.15, 0.2) is 0 Å². The SMILES string of the molecule is CCn1nc(C)cc1C(=O)Nc1ccccc1C(=O)Nc1[nH]nc2sc(C(=O)NC(C)(C)c3ccccc3F)cc12. The number of hydrogen-bond donors (Lipinski definition) is 4. The van der Waals surface area contributed by atoms with Crippen LogP contribution in [-0.4, -0.2) is 37.7 Å². The molecule has 12 heteroatoms. The fourth-order valence-corrected chi connectivity index (χ4v) is 5.42. The molecule has 0 radical (unpaired) electrons. The number of fused-ring (bicyclic) bond motifs is 1. The van der Waals surface area contributed by atoms with Gasteiger partial charge < -0.3 is 16.0 Å². The predicted octanol–water partition coefficient (Wildman–Crippen LogP) is 5.46. The minimum Gasteiger partial charge on any atom is -0.342 e. The Morgan fingerprint density at radius 3 is 2.49 bits per heavy atom. The number of anilines is 2. The third-order valence-electron chi connectivity index (χ3n) is 6.54. The normalized spacial score (nSPS) is 11.4. The van der Waals surface area contributed by atoms with Crippen molar-refractivity contribution in [3.63, 3.8) is 0 Å². The number of nitrogens with one attached hydrogen (secondary N) is 4. The Hall–Kier alpha value is -4.84. The highest BCUT2D eigenvalue weighted by Crippen LogP contribution is 2.31. The summed E-state index contributed by atoms with van der Waals surface area (Å²) in [6.45, 7) is 7.66. The molecule has 0 saturated carbocycles. The Morgan fingerprint density at radius 2 is 1.73 bits per heavy atom. The molecule has 3 aromatic heterocycles. The molecule has 0 saturated heterocycles. The summed E-state index contributed by atoms with van der Waals surface area (Å²) in [5.74, 6) is -1.37. The quantitative estimate of drug-likeness (QED) is 0.196. The molecule has 3 heterocycles. The molecule has 10 nitrogen and oxygen atoms in total. The fourth-order valence-electron chi connectivity index (χ4n) is 4.53. The number of nitrogens with zero attached hydrogens (tertiary/aromatic N) is 3. The van der Waals surface area contributed by atoms with E-state index in [0.717, 1.165) is 11.3 Å². The van der Waals surface area contributed by atoms with Gasteiger partial charge in [-0.25, -0.2) is 4.39 Å². The van der Waals surface area contributed by atoms with Crippen LogP contribution in [0.2, 0.25) is 0 Å². The summed E-state index contributed by atoms with van der Waals surface area (Å²) in [5, 5.41) is 20.3. The Labute approximate surface area is 239 Å². The molecule has 4 N–H and O–H groups in total. The lowest BCUT2D eigenvalue weighted by Crippen LogP contribution is -2.41. The van der Waals surface area contributed by atoms with Crippen LogP contribution in [0.1, 0.15) is 62.5 Å². The van der Waals surface area contributed by atoms with E-state index in [1.807, 2.05) is 6.92 Å². The Kier molecular flexibility index (Phi) is 7.41. The van der Waals surface area contributed by atoms with Crippen molar-refractivity contribution in [1.82, 2.24) is 25.3 Å². The average molecular weight is 574 g/mol. The molecule has 41 heavy (non-hydrogen) atoms. The maximum absolute atomic E-state index is 14.4. The second kappa shape index (κ2) is 11.0. The number of benzene rings is 2. The van der Waals surface area contributed by atoms with Crippen LogP contribution in [0.15, 0.2) is 60.7 Å². The first-order valence-electron chi connectivity index (χ1n) is 12.9. The van der Waals surface area contributed by atoms with Crippen molar-refractivity contribution in [2.24, 2.45) is 0 Å². The number of rotatable bonds is 8. The number of thiophene rings is 1. The van der Waals surface area contributed by atoms with Gasteiger partial charge in [0.05, 0.1) is 32.7 Å². The Bertz CT molecular complexity index is 1790. The topological polar surface area (TPSA) is 134 Å². The molecule has 5 rings (SSSR count). The van der Waals surface area contributed by atoms with E-state index in [-0.39, 0.29) is 11.5 Å². The van der Waals surface area contributed by atoms with Gasteiger partial charge in [0.25, 0.3) is 17.7 Å². The maximum Gasteiger partial charge on any atom is 0.273 e. The molecule has 0 bridgehead atoms. The first-order chi connectivity index (χ1) is 19.6. The molecular weight excluding hydrogens is 545 g/mol. The highest BCUT2D eigenvalue weighted by molar-refractivity contribution is 7.20. The molecule has 2 aromatic carbocycles. The number of aryl methyl sites for hydroxylation is 2. The summed E-state index contributed by atoms with van der Waals surface area (Å²) in [4.78, 5) is 40.2. The summed E-state index contributed by atoms with van der Waals surface area (Å²) in [5.41, 5.74) is 1.07. The second-order valence-electron chi connectivity index (χ2n) is 9.93. The zero-order valence-corrected chi connectivity index (χ0v) is 23.6. The molecule has 0 aliphatic heterocycles. The van der Waals surface area contributed by atoms with Gasteiger partial charge >= 0.3 is 0 Å². The van der Waals surface area contributed by atoms with Crippen LogP contribution in [0.4, 0.5) is 15.9 Å². The monoisotopic (exact) mass is 573 g/mol. The average Bonchev–Trinajstić information content (AvgIpc) is 3.64. The predicted molar refractivity (Wildman–Crippen MR) is 156 cm³/mol. The van der Waals surface area contributed by atoms with Crippen molar-refractivity contribution in [3.8, 4) is 0 Å². The molecule has 0 unspecified atom stereocenters. The van der Waals surface area contributed by atoms with Gasteiger partial charge in [-0.2, -0.15) is 10.2 Å². The van der Waals surface area contributed by atoms with Crippen LogP contribution in [0.5, 0.6) is 0 Å². The lowest BCUT2D eigenvalue weighted by molar-refractivity contribution is 0.0913. The van der Waals surface area contributed by atoms with E-state index in [2.05, 4.69) is 31.2 Å². The lowest BCUT2D eigenvalue weighted by Gasteiger charge is -2.27. The van der Waals surface area contributed by atoms with E-state index in [9.17, 15) is 18.8 Å². The molecule has 0 fully saturated rings. The van der Waals surface area contributed by atoms with Gasteiger partial charge in [-0.1, -0.05) is 30.3 Å². The van der Waals surface area contributed by atoms with E-state index in [4.69, 9.17) is 0 Å². The first kappa shape index (κ1) is 27.7. The summed E-state index contributed by atoms with van der Waals surface area (Å²) in [6, 6.07) is 16.2. The van der Waals surface area contributed by atoms with Crippen LogP contribution in [0.25, 0.3) is 10.2 Å². The number of para-hydroxylation sites is 1. The first-order valence-corrected chi connectivity index (χ1v) is 13.7. The standard InChI is InChI=1S/C29H28FN7O3S/c1-5-37-22(14-16(2)36-37)26(39)31-21-13-9-6-10-17(21)25(38)32-24-18-15-23(41-28(18)35-34-24)27(40)33-29(3,4)19-11-7-8-12-20(19)30/h6-15H,5H2,1-4H3,(H,31,39)(H,33,40)(H2,32,34,35,38). The third kappa shape index (κ3) is 5.59. The number of carbonyl (C=O) groups is 3. The van der Waals surface area contributed by atoms with Gasteiger partial charge in [0.1, 0.15) is 22.2 Å². The van der Waals surface area contributed by atoms with Gasteiger partial charge in [-0.3, -0.25) is 24.2 Å². The summed E-state index contributed by atoms with van der Waals surface area (Å²) < 4.78 is 16.0. The molecule has 0 aliphatic carbocycles. The van der Waals surface area contributed by atoms with Crippen molar-refractivity contribution < 1.29 is 18.8 Å². The Morgan fingerprint density at radius 1 is 1.00 bits per heavy atom. The van der Waals surface area contributed by atoms with Crippen molar-refractivity contribution in [1.29, 1.82) is 0 Å². The smallest absolute Gasteiger partial charge is 0.273 e. The van der Waals surface area contributed by atoms with Gasteiger partial charge in [0.2, 0.25) is 0 Å². The third-order valence-corrected chi connectivity index (χ3v) is 7.57. The van der Waals surface area contributed by atoms with Gasteiger partial charge in [-0.15, -0.1) is 11.3 Å². The zero-order chi connectivity index (χ0) is 29.3. The van der Waals surface area contributed by atoms with E-state index in [0.29, 0.717) is 50.1 Å². The van der Waals surface area contributed by atoms with Crippen LogP contribution in [0, 0.1) is 12.7 Å². The van der Waals surface area contributed by atoms with Crippen molar-refractivity contribution in [3.05, 3.63) is 93.9 Å². The van der Waals surface area contributed by atoms with Crippen LogP contribution >= 0.6 is 11.3 Å². The number of hydrogen-bond acceptors (Lipinski definition) is 6. The number of H-pyrrole nitrogens is 1. The molecule has 0 spiro atoms. The number of aromatic amines is 1. The van der Waals surface area contributed by atoms with E-state index >= 15 is 0 Å². The van der Waals surface area contributed by atoms with Crippen LogP contribution in [0.3, 0.4) is 0 Å². The molecule has 5 aromatic rings. The molecular formula is C29H28FN7O3S. The van der Waals surface area contributed by atoms with E-state index in [1.165, 1.54) is 6.07 Å². The molecule has 3 amide bonds. The van der Waals surface area contributed by atoms with Gasteiger partial charge in [0, 0.05) is 12.1 Å². The highest BCUT2D eigenvalue weighted by Gasteiger charge is 2.28. The number of amides is 3. The minimum absolute atomic E-state index is 0.239. The summed E-state index contributed by atoms with van der Waals surface area (Å²) >= 11 is 1.14. The maximum atomic E-state index is 14.4. The largest absolute Gasteiger partial charge is 0.342 e. The Balaban J connectivity index is 1.34. The van der Waals surface area contributed by atoms with Crippen molar-refractivity contribution in [2.75, 3.05) is 10.6 Å². The highest BCUT2D eigenvalue weighted by atomic mass is 32.1. The lowest BCUT2D eigenvalue weighted by atomic mass is 9.93. The minimum atomic E-state index is -0.964. The van der Waals surface area contributed by atoms with E-state index in [1.54, 1.807) is 80.1 Å². The molecule has 0 aliphatic rings. The zero-order valence-electron chi connectivity index (χ0n) is 22.8. The van der Waals surface area contributed by atoms with Gasteiger partial charge in [-0.05, 0) is 58.0 Å². The molecule has 210 valence electrons. The van der Waals surface area contributed by atoms with Crippen molar-refractivity contribution in [2.45, 2.75) is 39.8 Å². The summed E-state index contributed by atoms with van der Waals surface area (Å²) in [6.07, 6.45) is 0. The second-order valence-corrected chi connectivity index (χ2v) is 11.0. The number of aromatic nitrogens is 4. The number of carbonyl (C=O) groups excluding carboxylic acids is 3. The summed E-state index contributed by atoms with van der Waals surface area (Å²) in [7, 11) is 0. The fraction of sp³-hybridized carbons (Fsp3) is 0.207. The van der Waals surface area contributed by atoms with E-state index < -0.39 is 23.2 Å². The molecule has 0 atom stereocenters. The van der Waals surface area contributed by atoms with Crippen molar-refractivity contribution >= 4 is 50.8 Å². The van der Waals surface area contributed by atoms with Crippen LogP contribution in [-0.2, 0) is 12.1 Å².